The Labute approximate surface area is 149 Å². The number of hydrogen-bond acceptors (Lipinski definition) is 2. The van der Waals surface area contributed by atoms with E-state index in [1.54, 1.807) is 4.90 Å². The van der Waals surface area contributed by atoms with E-state index in [0.29, 0.717) is 11.6 Å². The maximum Gasteiger partial charge on any atom is 0.244 e. The van der Waals surface area contributed by atoms with Gasteiger partial charge in [0.15, 0.2) is 0 Å². The van der Waals surface area contributed by atoms with Crippen LogP contribution in [0.15, 0.2) is 46.9 Å². The number of rotatable bonds is 3. The molecule has 0 spiro atoms. The molecule has 0 bridgehead atoms. The number of halogens is 2. The van der Waals surface area contributed by atoms with Crippen molar-refractivity contribution in [3.63, 3.8) is 0 Å². The third-order valence-corrected chi connectivity index (χ3v) is 5.01. The van der Waals surface area contributed by atoms with E-state index in [4.69, 9.17) is 11.6 Å². The van der Waals surface area contributed by atoms with Gasteiger partial charge < -0.3 is 10.2 Å². The molecule has 0 radical (unpaired) electrons. The van der Waals surface area contributed by atoms with Gasteiger partial charge in [-0.2, -0.15) is 0 Å². The van der Waals surface area contributed by atoms with Crippen LogP contribution >= 0.6 is 27.5 Å². The van der Waals surface area contributed by atoms with E-state index < -0.39 is 0 Å². The van der Waals surface area contributed by atoms with Crippen molar-refractivity contribution in [2.24, 2.45) is 0 Å². The fourth-order valence-corrected chi connectivity index (χ4v) is 3.53. The molecular formula is C18H18BrClN2O. The Morgan fingerprint density at radius 2 is 2.13 bits per heavy atom. The van der Waals surface area contributed by atoms with Gasteiger partial charge >= 0.3 is 0 Å². The Bertz CT molecular complexity index is 735. The molecule has 2 aromatic carbocycles. The molecule has 120 valence electrons. The molecule has 5 heteroatoms. The number of amides is 1. The third-order valence-electron chi connectivity index (χ3n) is 4.15. The van der Waals surface area contributed by atoms with E-state index in [0.717, 1.165) is 28.6 Å². The zero-order chi connectivity index (χ0) is 16.4. The SMILES string of the molecule is CN(Cc1cc(Br)ccc1Cl)C(=O)C1NCCc2ccccc21. The summed E-state index contributed by atoms with van der Waals surface area (Å²) >= 11 is 9.68. The van der Waals surface area contributed by atoms with Crippen LogP contribution in [0.3, 0.4) is 0 Å². The Kier molecular flexibility index (Phi) is 5.05. The van der Waals surface area contributed by atoms with Gasteiger partial charge in [0.1, 0.15) is 6.04 Å². The van der Waals surface area contributed by atoms with Crippen molar-refractivity contribution in [3.8, 4) is 0 Å². The molecule has 0 aliphatic carbocycles. The molecule has 1 heterocycles. The molecule has 0 aromatic heterocycles. The Hall–Kier alpha value is -1.36. The van der Waals surface area contributed by atoms with Crippen molar-refractivity contribution in [1.29, 1.82) is 0 Å². The van der Waals surface area contributed by atoms with Crippen LogP contribution in [0.25, 0.3) is 0 Å². The zero-order valence-corrected chi connectivity index (χ0v) is 15.2. The van der Waals surface area contributed by atoms with Crippen LogP contribution in [0.1, 0.15) is 22.7 Å². The number of hydrogen-bond donors (Lipinski definition) is 1. The summed E-state index contributed by atoms with van der Waals surface area (Å²) in [5.41, 5.74) is 3.26. The van der Waals surface area contributed by atoms with Crippen LogP contribution in [-0.4, -0.2) is 24.4 Å². The number of carbonyl (C=O) groups is 1. The lowest BCUT2D eigenvalue weighted by Crippen LogP contribution is -2.42. The van der Waals surface area contributed by atoms with E-state index in [2.05, 4.69) is 27.3 Å². The summed E-state index contributed by atoms with van der Waals surface area (Å²) in [6, 6.07) is 13.5. The number of fused-ring (bicyclic) bond motifs is 1. The molecule has 1 atom stereocenters. The molecule has 0 fully saturated rings. The molecule has 1 aliphatic rings. The van der Waals surface area contributed by atoms with E-state index in [1.807, 2.05) is 43.4 Å². The summed E-state index contributed by atoms with van der Waals surface area (Å²) in [7, 11) is 1.82. The van der Waals surface area contributed by atoms with E-state index in [1.165, 1.54) is 5.56 Å². The Balaban J connectivity index is 1.79. The monoisotopic (exact) mass is 392 g/mol. The molecule has 1 unspecified atom stereocenters. The van der Waals surface area contributed by atoms with E-state index in [-0.39, 0.29) is 11.9 Å². The second-order valence-corrected chi connectivity index (χ2v) is 7.09. The van der Waals surface area contributed by atoms with E-state index >= 15 is 0 Å². The highest BCUT2D eigenvalue weighted by molar-refractivity contribution is 9.10. The first-order valence-electron chi connectivity index (χ1n) is 7.56. The van der Waals surface area contributed by atoms with Gasteiger partial charge in [0.05, 0.1) is 0 Å². The van der Waals surface area contributed by atoms with Crippen molar-refractivity contribution in [1.82, 2.24) is 10.2 Å². The normalized spacial score (nSPS) is 16.7. The highest BCUT2D eigenvalue weighted by Gasteiger charge is 2.28. The average Bonchev–Trinajstić information content (AvgIpc) is 2.57. The number of benzene rings is 2. The lowest BCUT2D eigenvalue weighted by molar-refractivity contribution is -0.133. The zero-order valence-electron chi connectivity index (χ0n) is 12.9. The fourth-order valence-electron chi connectivity index (χ4n) is 2.94. The number of nitrogens with zero attached hydrogens (tertiary/aromatic N) is 1. The number of likely N-dealkylation sites (N-methyl/N-ethyl adjacent to an activating group) is 1. The predicted molar refractivity (Wildman–Crippen MR) is 96.5 cm³/mol. The number of nitrogens with one attached hydrogen (secondary N) is 1. The van der Waals surface area contributed by atoms with Crippen LogP contribution < -0.4 is 5.32 Å². The van der Waals surface area contributed by atoms with Gasteiger partial charge in [0.25, 0.3) is 0 Å². The largest absolute Gasteiger partial charge is 0.340 e. The minimum Gasteiger partial charge on any atom is -0.340 e. The van der Waals surface area contributed by atoms with Crippen molar-refractivity contribution >= 4 is 33.4 Å². The predicted octanol–water partition coefficient (Wildman–Crippen LogP) is 3.95. The Morgan fingerprint density at radius 3 is 2.96 bits per heavy atom. The van der Waals surface area contributed by atoms with Crippen molar-refractivity contribution in [2.75, 3.05) is 13.6 Å². The van der Waals surface area contributed by atoms with Gasteiger partial charge in [-0.15, -0.1) is 0 Å². The first-order valence-corrected chi connectivity index (χ1v) is 8.73. The molecule has 2 aromatic rings. The van der Waals surface area contributed by atoms with Crippen LogP contribution in [0.2, 0.25) is 5.02 Å². The van der Waals surface area contributed by atoms with Crippen molar-refractivity contribution in [3.05, 3.63) is 68.7 Å². The average molecular weight is 394 g/mol. The van der Waals surface area contributed by atoms with Gasteiger partial charge in [-0.1, -0.05) is 51.8 Å². The molecule has 1 aliphatic heterocycles. The summed E-state index contributed by atoms with van der Waals surface area (Å²) in [4.78, 5) is 14.6. The summed E-state index contributed by atoms with van der Waals surface area (Å²) in [6.45, 7) is 1.30. The van der Waals surface area contributed by atoms with Gasteiger partial charge in [-0.05, 0) is 41.3 Å². The van der Waals surface area contributed by atoms with Gasteiger partial charge in [-0.3, -0.25) is 4.79 Å². The quantitative estimate of drug-likeness (QED) is 0.856. The fraction of sp³-hybridized carbons (Fsp3) is 0.278. The third kappa shape index (κ3) is 3.60. The van der Waals surface area contributed by atoms with Gasteiger partial charge in [0, 0.05) is 29.6 Å². The minimum atomic E-state index is -0.282. The molecule has 0 saturated carbocycles. The second kappa shape index (κ2) is 7.04. The van der Waals surface area contributed by atoms with Crippen LogP contribution in [-0.2, 0) is 17.8 Å². The number of carbonyl (C=O) groups excluding carboxylic acids is 1. The second-order valence-electron chi connectivity index (χ2n) is 5.77. The smallest absolute Gasteiger partial charge is 0.244 e. The topological polar surface area (TPSA) is 32.3 Å². The van der Waals surface area contributed by atoms with Crippen molar-refractivity contribution < 1.29 is 4.79 Å². The first-order chi connectivity index (χ1) is 11.1. The molecular weight excluding hydrogens is 376 g/mol. The summed E-state index contributed by atoms with van der Waals surface area (Å²) in [5.74, 6) is 0.0631. The highest BCUT2D eigenvalue weighted by atomic mass is 79.9. The molecule has 3 rings (SSSR count). The van der Waals surface area contributed by atoms with Crippen LogP contribution in [0, 0.1) is 0 Å². The molecule has 23 heavy (non-hydrogen) atoms. The molecule has 1 N–H and O–H groups in total. The van der Waals surface area contributed by atoms with Crippen molar-refractivity contribution in [2.45, 2.75) is 19.0 Å². The lowest BCUT2D eigenvalue weighted by Gasteiger charge is -2.30. The molecule has 1 amide bonds. The van der Waals surface area contributed by atoms with Gasteiger partial charge in [0.2, 0.25) is 5.91 Å². The summed E-state index contributed by atoms with van der Waals surface area (Å²) in [5, 5.41) is 4.01. The maximum absolute atomic E-state index is 12.9. The van der Waals surface area contributed by atoms with Crippen LogP contribution in [0.4, 0.5) is 0 Å². The molecule has 3 nitrogen and oxygen atoms in total. The standard InChI is InChI=1S/C18H18BrClN2O/c1-22(11-13-10-14(19)6-7-16(13)20)18(23)17-15-5-3-2-4-12(15)8-9-21-17/h2-7,10,17,21H,8-9,11H2,1H3. The van der Waals surface area contributed by atoms with E-state index in [9.17, 15) is 4.79 Å². The minimum absolute atomic E-state index is 0.0631. The Morgan fingerprint density at radius 1 is 1.35 bits per heavy atom. The van der Waals surface area contributed by atoms with Gasteiger partial charge in [-0.25, -0.2) is 0 Å². The summed E-state index contributed by atoms with van der Waals surface area (Å²) < 4.78 is 0.957. The summed E-state index contributed by atoms with van der Waals surface area (Å²) in [6.07, 6.45) is 0.959. The lowest BCUT2D eigenvalue weighted by atomic mass is 9.93. The van der Waals surface area contributed by atoms with Crippen LogP contribution in [0.5, 0.6) is 0 Å². The molecule has 0 saturated heterocycles. The highest BCUT2D eigenvalue weighted by Crippen LogP contribution is 2.26. The first kappa shape index (κ1) is 16.5. The maximum atomic E-state index is 12.9.